The zero-order valence-electron chi connectivity index (χ0n) is 16.0. The highest BCUT2D eigenvalue weighted by molar-refractivity contribution is 7.88. The van der Waals surface area contributed by atoms with Crippen LogP contribution in [-0.2, 0) is 16.6 Å². The summed E-state index contributed by atoms with van der Waals surface area (Å²) in [5, 5.41) is 0. The fourth-order valence-electron chi connectivity index (χ4n) is 3.79. The number of hydrogen-bond donors (Lipinski definition) is 1. The molecule has 6 nitrogen and oxygen atoms in total. The molecule has 0 radical (unpaired) electrons. The van der Waals surface area contributed by atoms with Crippen LogP contribution in [0.1, 0.15) is 30.1 Å². The standard InChI is InChI=1S/C21H26N2O4S/c1-28(24,25)22-18-10-12-23(13-11-18)14-16-6-8-17(9-7-16)21-15-26-19-4-2-3-5-20(19)27-21/h2-9,18,21-22H,10-15H2,1H3/t21-/m1/s1. The van der Waals surface area contributed by atoms with Crippen LogP contribution in [-0.4, -0.2) is 45.3 Å². The lowest BCUT2D eigenvalue weighted by Gasteiger charge is -2.32. The summed E-state index contributed by atoms with van der Waals surface area (Å²) in [5.74, 6) is 1.58. The van der Waals surface area contributed by atoms with Gasteiger partial charge in [0.15, 0.2) is 17.6 Å². The molecule has 1 fully saturated rings. The van der Waals surface area contributed by atoms with Crippen LogP contribution in [0.3, 0.4) is 0 Å². The van der Waals surface area contributed by atoms with E-state index in [1.807, 2.05) is 24.3 Å². The predicted octanol–water partition coefficient (Wildman–Crippen LogP) is 2.71. The van der Waals surface area contributed by atoms with E-state index in [9.17, 15) is 8.42 Å². The first-order valence-corrected chi connectivity index (χ1v) is 11.5. The van der Waals surface area contributed by atoms with E-state index in [0.717, 1.165) is 49.5 Å². The van der Waals surface area contributed by atoms with E-state index in [2.05, 4.69) is 33.9 Å². The Hall–Kier alpha value is -2.09. The molecule has 0 aliphatic carbocycles. The first-order valence-electron chi connectivity index (χ1n) is 9.63. The smallest absolute Gasteiger partial charge is 0.208 e. The van der Waals surface area contributed by atoms with Gasteiger partial charge >= 0.3 is 0 Å². The number of benzene rings is 2. The van der Waals surface area contributed by atoms with E-state index in [0.29, 0.717) is 6.61 Å². The number of likely N-dealkylation sites (tertiary alicyclic amines) is 1. The van der Waals surface area contributed by atoms with Gasteiger partial charge in [-0.25, -0.2) is 13.1 Å². The summed E-state index contributed by atoms with van der Waals surface area (Å²) in [6.07, 6.45) is 2.82. The van der Waals surface area contributed by atoms with Crippen molar-refractivity contribution in [3.8, 4) is 11.5 Å². The number of hydrogen-bond acceptors (Lipinski definition) is 5. The fraction of sp³-hybridized carbons (Fsp3) is 0.429. The first-order chi connectivity index (χ1) is 13.5. The van der Waals surface area contributed by atoms with E-state index in [-0.39, 0.29) is 12.1 Å². The number of rotatable bonds is 5. The molecular weight excluding hydrogens is 376 g/mol. The average molecular weight is 403 g/mol. The van der Waals surface area contributed by atoms with Gasteiger partial charge in [0.05, 0.1) is 6.26 Å². The Bertz CT molecular complexity index is 906. The zero-order valence-corrected chi connectivity index (χ0v) is 16.8. The van der Waals surface area contributed by atoms with Gasteiger partial charge in [0.2, 0.25) is 10.0 Å². The molecule has 1 N–H and O–H groups in total. The van der Waals surface area contributed by atoms with Crippen LogP contribution < -0.4 is 14.2 Å². The summed E-state index contributed by atoms with van der Waals surface area (Å²) in [6.45, 7) is 3.17. The molecule has 2 aliphatic rings. The molecule has 2 heterocycles. The molecule has 0 spiro atoms. The Morgan fingerprint density at radius 3 is 2.39 bits per heavy atom. The van der Waals surface area contributed by atoms with Crippen molar-refractivity contribution in [3.05, 3.63) is 59.7 Å². The van der Waals surface area contributed by atoms with Crippen LogP contribution in [0.4, 0.5) is 0 Å². The molecule has 7 heteroatoms. The van der Waals surface area contributed by atoms with Crippen molar-refractivity contribution in [3.63, 3.8) is 0 Å². The first kappa shape index (κ1) is 19.2. The highest BCUT2D eigenvalue weighted by Gasteiger charge is 2.23. The Morgan fingerprint density at radius 2 is 1.71 bits per heavy atom. The maximum absolute atomic E-state index is 11.4. The van der Waals surface area contributed by atoms with Crippen molar-refractivity contribution in [2.45, 2.75) is 31.5 Å². The van der Waals surface area contributed by atoms with Gasteiger partial charge in [0.1, 0.15) is 6.61 Å². The monoisotopic (exact) mass is 402 g/mol. The van der Waals surface area contributed by atoms with E-state index in [4.69, 9.17) is 9.47 Å². The van der Waals surface area contributed by atoms with Crippen molar-refractivity contribution in [1.82, 2.24) is 9.62 Å². The number of ether oxygens (including phenoxy) is 2. The molecule has 0 amide bonds. The van der Waals surface area contributed by atoms with E-state index in [1.165, 1.54) is 11.8 Å². The number of sulfonamides is 1. The molecule has 0 aromatic heterocycles. The van der Waals surface area contributed by atoms with Crippen LogP contribution in [0.5, 0.6) is 11.5 Å². The molecule has 0 bridgehead atoms. The predicted molar refractivity (Wildman–Crippen MR) is 108 cm³/mol. The van der Waals surface area contributed by atoms with Crippen molar-refractivity contribution in [2.24, 2.45) is 0 Å². The van der Waals surface area contributed by atoms with Crippen LogP contribution in [0.15, 0.2) is 48.5 Å². The summed E-state index contributed by atoms with van der Waals surface area (Å²) in [6, 6.07) is 16.3. The Morgan fingerprint density at radius 1 is 1.04 bits per heavy atom. The van der Waals surface area contributed by atoms with Gasteiger partial charge in [-0.3, -0.25) is 4.90 Å². The van der Waals surface area contributed by atoms with Gasteiger partial charge in [-0.05, 0) is 36.1 Å². The SMILES string of the molecule is CS(=O)(=O)NC1CCN(Cc2ccc([C@H]3COc4ccccc4O3)cc2)CC1. The van der Waals surface area contributed by atoms with Crippen LogP contribution in [0.2, 0.25) is 0 Å². The summed E-state index contributed by atoms with van der Waals surface area (Å²) >= 11 is 0. The van der Waals surface area contributed by atoms with E-state index < -0.39 is 10.0 Å². The highest BCUT2D eigenvalue weighted by Crippen LogP contribution is 2.35. The maximum Gasteiger partial charge on any atom is 0.208 e. The summed E-state index contributed by atoms with van der Waals surface area (Å²) in [5.41, 5.74) is 2.35. The Balaban J connectivity index is 1.31. The zero-order chi connectivity index (χ0) is 19.6. The second-order valence-corrected chi connectivity index (χ2v) is 9.33. The minimum absolute atomic E-state index is 0.0555. The second kappa shape index (κ2) is 8.11. The molecule has 2 aliphatic heterocycles. The lowest BCUT2D eigenvalue weighted by atomic mass is 10.0. The number of para-hydroxylation sites is 2. The van der Waals surface area contributed by atoms with Gasteiger partial charge in [-0.2, -0.15) is 0 Å². The minimum Gasteiger partial charge on any atom is -0.485 e. The van der Waals surface area contributed by atoms with Crippen LogP contribution in [0, 0.1) is 0 Å². The molecule has 150 valence electrons. The van der Waals surface area contributed by atoms with Gasteiger partial charge < -0.3 is 9.47 Å². The maximum atomic E-state index is 11.4. The third-order valence-electron chi connectivity index (χ3n) is 5.23. The lowest BCUT2D eigenvalue weighted by molar-refractivity contribution is 0.0912. The summed E-state index contributed by atoms with van der Waals surface area (Å²) in [4.78, 5) is 2.37. The van der Waals surface area contributed by atoms with Crippen molar-refractivity contribution in [2.75, 3.05) is 26.0 Å². The fourth-order valence-corrected chi connectivity index (χ4v) is 4.63. The number of nitrogens with one attached hydrogen (secondary N) is 1. The minimum atomic E-state index is -3.12. The van der Waals surface area contributed by atoms with Gasteiger partial charge in [0.25, 0.3) is 0 Å². The third-order valence-corrected chi connectivity index (χ3v) is 6.00. The topological polar surface area (TPSA) is 67.9 Å². The molecule has 2 aromatic carbocycles. The number of nitrogens with zero attached hydrogens (tertiary/aromatic N) is 1. The Labute approximate surface area is 166 Å². The van der Waals surface area contributed by atoms with Crippen molar-refractivity contribution < 1.29 is 17.9 Å². The van der Waals surface area contributed by atoms with Gasteiger partial charge in [-0.1, -0.05) is 36.4 Å². The van der Waals surface area contributed by atoms with Crippen LogP contribution >= 0.6 is 0 Å². The quantitative estimate of drug-likeness (QED) is 0.833. The molecule has 1 atom stereocenters. The van der Waals surface area contributed by atoms with Crippen molar-refractivity contribution >= 4 is 10.0 Å². The van der Waals surface area contributed by atoms with Gasteiger partial charge in [-0.15, -0.1) is 0 Å². The molecule has 0 saturated carbocycles. The van der Waals surface area contributed by atoms with Gasteiger partial charge in [0, 0.05) is 25.7 Å². The van der Waals surface area contributed by atoms with E-state index in [1.54, 1.807) is 0 Å². The molecule has 0 unspecified atom stereocenters. The van der Waals surface area contributed by atoms with E-state index >= 15 is 0 Å². The van der Waals surface area contributed by atoms with Crippen molar-refractivity contribution in [1.29, 1.82) is 0 Å². The highest BCUT2D eigenvalue weighted by atomic mass is 32.2. The Kier molecular flexibility index (Phi) is 5.57. The summed E-state index contributed by atoms with van der Waals surface area (Å²) < 4.78 is 37.3. The third kappa shape index (κ3) is 4.84. The molecule has 4 rings (SSSR count). The average Bonchev–Trinajstić information content (AvgIpc) is 2.69. The number of piperidine rings is 1. The molecule has 2 aromatic rings. The lowest BCUT2D eigenvalue weighted by Crippen LogP contribution is -2.43. The molecule has 1 saturated heterocycles. The molecule has 28 heavy (non-hydrogen) atoms. The second-order valence-electron chi connectivity index (χ2n) is 7.55. The summed E-state index contributed by atoms with van der Waals surface area (Å²) in [7, 11) is -3.12. The largest absolute Gasteiger partial charge is 0.485 e. The van der Waals surface area contributed by atoms with Crippen LogP contribution in [0.25, 0.3) is 0 Å². The molecular formula is C21H26N2O4S. The normalized spacial score (nSPS) is 20.8. The number of fused-ring (bicyclic) bond motifs is 1.